The topological polar surface area (TPSA) is 60.0 Å². The molecule has 0 aromatic heterocycles. The van der Waals surface area contributed by atoms with E-state index in [1.54, 1.807) is 12.1 Å². The standard InChI is InChI=1S/C25H36F2N2O4/c1-4-24(2,3)17-14-20(32-23(30)31-13-12-29-10-6-5-7-11-29)22-18-16-28-9-8-19(18)25(26,27)33-21(22)15-17/h14-15,18-19,28H,4-13,16H2,1-3H3. The molecule has 6 nitrogen and oxygen atoms in total. The van der Waals surface area contributed by atoms with Crippen LogP contribution in [0.5, 0.6) is 11.5 Å². The average Bonchev–Trinajstić information content (AvgIpc) is 2.79. The summed E-state index contributed by atoms with van der Waals surface area (Å²) in [6, 6.07) is 3.48. The van der Waals surface area contributed by atoms with Gasteiger partial charge in [-0.2, -0.15) is 8.78 Å². The van der Waals surface area contributed by atoms with Crippen molar-refractivity contribution in [2.24, 2.45) is 5.92 Å². The van der Waals surface area contributed by atoms with Crippen molar-refractivity contribution in [3.8, 4) is 11.5 Å². The van der Waals surface area contributed by atoms with Gasteiger partial charge in [-0.05, 0) is 68.4 Å². The zero-order valence-corrected chi connectivity index (χ0v) is 19.9. The van der Waals surface area contributed by atoms with Crippen molar-refractivity contribution < 1.29 is 27.8 Å². The van der Waals surface area contributed by atoms with Crippen molar-refractivity contribution in [3.05, 3.63) is 23.3 Å². The van der Waals surface area contributed by atoms with E-state index in [0.29, 0.717) is 31.6 Å². The van der Waals surface area contributed by atoms with Gasteiger partial charge in [0.15, 0.2) is 0 Å². The van der Waals surface area contributed by atoms with Gasteiger partial charge in [0.25, 0.3) is 0 Å². The molecule has 0 bridgehead atoms. The lowest BCUT2D eigenvalue weighted by Crippen LogP contribution is -2.49. The normalized spacial score (nSPS) is 24.9. The summed E-state index contributed by atoms with van der Waals surface area (Å²) in [6.45, 7) is 9.92. The number of benzene rings is 1. The number of ether oxygens (including phenoxy) is 3. The third kappa shape index (κ3) is 5.27. The van der Waals surface area contributed by atoms with Crippen LogP contribution < -0.4 is 14.8 Å². The van der Waals surface area contributed by atoms with Crippen molar-refractivity contribution >= 4 is 6.16 Å². The number of hydrogen-bond acceptors (Lipinski definition) is 6. The molecule has 2 unspecified atom stereocenters. The minimum atomic E-state index is -3.26. The van der Waals surface area contributed by atoms with Gasteiger partial charge in [0.05, 0.1) is 5.92 Å². The van der Waals surface area contributed by atoms with Crippen LogP contribution in [0.2, 0.25) is 0 Å². The van der Waals surface area contributed by atoms with Gasteiger partial charge < -0.3 is 19.5 Å². The molecule has 2 atom stereocenters. The van der Waals surface area contributed by atoms with Crippen LogP contribution in [0.15, 0.2) is 12.1 Å². The largest absolute Gasteiger partial charge is 0.513 e. The van der Waals surface area contributed by atoms with E-state index in [-0.39, 0.29) is 23.5 Å². The number of rotatable bonds is 6. The third-order valence-corrected chi connectivity index (χ3v) is 7.57. The van der Waals surface area contributed by atoms with Crippen molar-refractivity contribution in [3.63, 3.8) is 0 Å². The van der Waals surface area contributed by atoms with E-state index in [4.69, 9.17) is 14.2 Å². The monoisotopic (exact) mass is 466 g/mol. The number of carbonyl (C=O) groups is 1. The summed E-state index contributed by atoms with van der Waals surface area (Å²) in [4.78, 5) is 14.9. The number of alkyl halides is 2. The fraction of sp³-hybridized carbons (Fsp3) is 0.720. The zero-order valence-electron chi connectivity index (χ0n) is 19.9. The Balaban J connectivity index is 1.58. The number of nitrogens with zero attached hydrogens (tertiary/aromatic N) is 1. The fourth-order valence-electron chi connectivity index (χ4n) is 5.08. The second kappa shape index (κ2) is 9.74. The van der Waals surface area contributed by atoms with Crippen LogP contribution in [-0.4, -0.2) is 56.5 Å². The second-order valence-electron chi connectivity index (χ2n) is 10.1. The van der Waals surface area contributed by atoms with Crippen LogP contribution in [-0.2, 0) is 10.2 Å². The van der Waals surface area contributed by atoms with Gasteiger partial charge in [0.1, 0.15) is 18.1 Å². The molecule has 0 amide bonds. The molecule has 1 aromatic rings. The Labute approximate surface area is 194 Å². The van der Waals surface area contributed by atoms with E-state index < -0.39 is 24.1 Å². The van der Waals surface area contributed by atoms with Crippen molar-refractivity contribution in [2.75, 3.05) is 39.3 Å². The summed E-state index contributed by atoms with van der Waals surface area (Å²) in [7, 11) is 0. The van der Waals surface area contributed by atoms with Gasteiger partial charge >= 0.3 is 12.3 Å². The van der Waals surface area contributed by atoms with Crippen LogP contribution in [0, 0.1) is 5.92 Å². The summed E-state index contributed by atoms with van der Waals surface area (Å²) in [5.41, 5.74) is 1.02. The Hall–Kier alpha value is -1.93. The first-order chi connectivity index (χ1) is 15.7. The molecule has 4 rings (SSSR count). The SMILES string of the molecule is CCC(C)(C)c1cc(OC(=O)OCCN2CCCCC2)c2c(c1)OC(F)(F)C1CCNCC21. The Kier molecular flexibility index (Phi) is 7.15. The Morgan fingerprint density at radius 2 is 2.03 bits per heavy atom. The zero-order chi connectivity index (χ0) is 23.6. The number of hydrogen-bond donors (Lipinski definition) is 1. The lowest BCUT2D eigenvalue weighted by Gasteiger charge is -2.42. The van der Waals surface area contributed by atoms with Crippen molar-refractivity contribution in [1.29, 1.82) is 0 Å². The van der Waals surface area contributed by atoms with E-state index in [9.17, 15) is 13.6 Å². The highest BCUT2D eigenvalue weighted by Gasteiger charge is 2.53. The number of nitrogens with one attached hydrogen (secondary N) is 1. The predicted octanol–water partition coefficient (Wildman–Crippen LogP) is 5.05. The van der Waals surface area contributed by atoms with Gasteiger partial charge in [-0.25, -0.2) is 4.79 Å². The molecule has 0 radical (unpaired) electrons. The van der Waals surface area contributed by atoms with E-state index in [2.05, 4.69) is 10.2 Å². The summed E-state index contributed by atoms with van der Waals surface area (Å²) in [5.74, 6) is -1.11. The maximum atomic E-state index is 14.9. The molecule has 184 valence electrons. The molecule has 3 heterocycles. The number of halogens is 2. The van der Waals surface area contributed by atoms with E-state index >= 15 is 0 Å². The quantitative estimate of drug-likeness (QED) is 0.468. The van der Waals surface area contributed by atoms with E-state index in [0.717, 1.165) is 37.9 Å². The number of likely N-dealkylation sites (tertiary alicyclic amines) is 1. The summed E-state index contributed by atoms with van der Waals surface area (Å²) < 4.78 is 46.0. The van der Waals surface area contributed by atoms with Gasteiger partial charge in [-0.3, -0.25) is 4.90 Å². The summed E-state index contributed by atoms with van der Waals surface area (Å²) in [6.07, 6.45) is 0.580. The molecule has 1 N–H and O–H groups in total. The van der Waals surface area contributed by atoms with Crippen LogP contribution in [0.1, 0.15) is 69.9 Å². The maximum absolute atomic E-state index is 14.9. The Morgan fingerprint density at radius 3 is 2.76 bits per heavy atom. The van der Waals surface area contributed by atoms with Gasteiger partial charge in [-0.1, -0.05) is 27.2 Å². The van der Waals surface area contributed by atoms with Crippen molar-refractivity contribution in [2.45, 2.75) is 70.3 Å². The van der Waals surface area contributed by atoms with Gasteiger partial charge in [0.2, 0.25) is 0 Å². The molecule has 1 aromatic carbocycles. The van der Waals surface area contributed by atoms with E-state index in [1.165, 1.54) is 6.42 Å². The Bertz CT molecular complexity index is 855. The molecule has 3 aliphatic heterocycles. The Morgan fingerprint density at radius 1 is 1.27 bits per heavy atom. The fourth-order valence-corrected chi connectivity index (χ4v) is 5.08. The number of piperidine rings is 2. The number of fused-ring (bicyclic) bond motifs is 3. The molecule has 8 heteroatoms. The minimum absolute atomic E-state index is 0.0973. The van der Waals surface area contributed by atoms with Crippen LogP contribution in [0.3, 0.4) is 0 Å². The van der Waals surface area contributed by atoms with Crippen LogP contribution in [0.4, 0.5) is 13.6 Å². The smallest absolute Gasteiger partial charge is 0.433 e. The van der Waals surface area contributed by atoms with Gasteiger partial charge in [0, 0.05) is 24.6 Å². The lowest BCUT2D eigenvalue weighted by atomic mass is 9.75. The highest BCUT2D eigenvalue weighted by Crippen LogP contribution is 2.53. The summed E-state index contributed by atoms with van der Waals surface area (Å²) in [5, 5.41) is 3.20. The predicted molar refractivity (Wildman–Crippen MR) is 121 cm³/mol. The second-order valence-corrected chi connectivity index (χ2v) is 10.1. The van der Waals surface area contributed by atoms with Gasteiger partial charge in [-0.15, -0.1) is 0 Å². The summed E-state index contributed by atoms with van der Waals surface area (Å²) >= 11 is 0. The highest BCUT2D eigenvalue weighted by atomic mass is 19.3. The first-order valence-electron chi connectivity index (χ1n) is 12.2. The molecule has 0 spiro atoms. The molecule has 0 aliphatic carbocycles. The highest BCUT2D eigenvalue weighted by molar-refractivity contribution is 5.67. The van der Waals surface area contributed by atoms with Crippen molar-refractivity contribution in [1.82, 2.24) is 10.2 Å². The molecule has 2 fully saturated rings. The molecule has 3 aliphatic rings. The molecule has 2 saturated heterocycles. The number of carbonyl (C=O) groups excluding carboxylic acids is 1. The van der Waals surface area contributed by atoms with Crippen LogP contribution in [0.25, 0.3) is 0 Å². The lowest BCUT2D eigenvalue weighted by molar-refractivity contribution is -0.234. The molecule has 0 saturated carbocycles. The first-order valence-corrected chi connectivity index (χ1v) is 12.2. The van der Waals surface area contributed by atoms with E-state index in [1.807, 2.05) is 20.8 Å². The molecular formula is C25H36F2N2O4. The molecular weight excluding hydrogens is 430 g/mol. The third-order valence-electron chi connectivity index (χ3n) is 7.57. The average molecular weight is 467 g/mol. The van der Waals surface area contributed by atoms with Crippen LogP contribution >= 0.6 is 0 Å². The first kappa shape index (κ1) is 24.2. The molecule has 33 heavy (non-hydrogen) atoms. The maximum Gasteiger partial charge on any atom is 0.513 e. The minimum Gasteiger partial charge on any atom is -0.433 e.